The number of rotatable bonds is 5. The van der Waals surface area contributed by atoms with Gasteiger partial charge in [0.1, 0.15) is 11.3 Å². The van der Waals surface area contributed by atoms with Gasteiger partial charge in [-0.25, -0.2) is 4.79 Å². The summed E-state index contributed by atoms with van der Waals surface area (Å²) < 4.78 is 5.86. The van der Waals surface area contributed by atoms with Crippen molar-refractivity contribution >= 4 is 27.8 Å². The zero-order chi connectivity index (χ0) is 17.7. The molecule has 0 spiro atoms. The zero-order valence-corrected chi connectivity index (χ0v) is 15.0. The number of phenolic OH excluding ortho intramolecular Hbond substituents is 1. The van der Waals surface area contributed by atoms with Crippen molar-refractivity contribution in [2.75, 3.05) is 6.61 Å². The molecule has 5 nitrogen and oxygen atoms in total. The first-order valence-electron chi connectivity index (χ1n) is 7.39. The Hall–Kier alpha value is -2.34. The molecule has 2 aromatic rings. The van der Waals surface area contributed by atoms with Crippen LogP contribution >= 0.6 is 15.9 Å². The predicted molar refractivity (Wildman–Crippen MR) is 93.8 cm³/mol. The molecule has 0 saturated carbocycles. The Labute approximate surface area is 148 Å². The summed E-state index contributed by atoms with van der Waals surface area (Å²) in [5, 5.41) is 12.4. The van der Waals surface area contributed by atoms with Gasteiger partial charge in [0.2, 0.25) is 0 Å². The van der Waals surface area contributed by atoms with Crippen molar-refractivity contribution in [2.45, 2.75) is 19.9 Å². The Kier molecular flexibility index (Phi) is 5.98. The molecule has 126 valence electrons. The van der Waals surface area contributed by atoms with Gasteiger partial charge in [-0.1, -0.05) is 45.8 Å². The second-order valence-electron chi connectivity index (χ2n) is 5.41. The van der Waals surface area contributed by atoms with Crippen molar-refractivity contribution in [1.29, 1.82) is 0 Å². The zero-order valence-electron chi connectivity index (χ0n) is 13.4. The maximum absolute atomic E-state index is 12.0. The van der Waals surface area contributed by atoms with E-state index in [4.69, 9.17) is 4.74 Å². The molecule has 0 saturated heterocycles. The Morgan fingerprint density at radius 1 is 1.25 bits per heavy atom. The molecule has 2 aromatic carbocycles. The van der Waals surface area contributed by atoms with Crippen LogP contribution in [0.4, 0.5) is 0 Å². The number of amides is 1. The molecular formula is C18H18BrNO4. The number of aryl methyl sites for hydroxylation is 1. The molecule has 1 atom stereocenters. The third-order valence-corrected chi connectivity index (χ3v) is 4.18. The van der Waals surface area contributed by atoms with Crippen molar-refractivity contribution < 1.29 is 19.4 Å². The van der Waals surface area contributed by atoms with Gasteiger partial charge in [0, 0.05) is 4.47 Å². The Morgan fingerprint density at radius 3 is 2.67 bits per heavy atom. The van der Waals surface area contributed by atoms with Gasteiger partial charge >= 0.3 is 5.97 Å². The van der Waals surface area contributed by atoms with E-state index in [2.05, 4.69) is 21.2 Å². The summed E-state index contributed by atoms with van der Waals surface area (Å²) in [6.07, 6.45) is 0. The smallest absolute Gasteiger partial charge is 0.342 e. The second-order valence-corrected chi connectivity index (χ2v) is 6.26. The number of nitrogens with one attached hydrogen (secondary N) is 1. The number of hydrogen-bond acceptors (Lipinski definition) is 4. The average molecular weight is 392 g/mol. The molecule has 0 unspecified atom stereocenters. The van der Waals surface area contributed by atoms with Crippen molar-refractivity contribution in [1.82, 2.24) is 5.32 Å². The first kappa shape index (κ1) is 18.0. The van der Waals surface area contributed by atoms with E-state index in [9.17, 15) is 14.7 Å². The quantitative estimate of drug-likeness (QED) is 0.764. The topological polar surface area (TPSA) is 75.6 Å². The highest BCUT2D eigenvalue weighted by Gasteiger charge is 2.16. The van der Waals surface area contributed by atoms with Gasteiger partial charge in [-0.2, -0.15) is 0 Å². The van der Waals surface area contributed by atoms with Crippen LogP contribution in [0, 0.1) is 6.92 Å². The summed E-state index contributed by atoms with van der Waals surface area (Å²) in [6.45, 7) is 3.22. The van der Waals surface area contributed by atoms with Crippen LogP contribution in [-0.4, -0.2) is 23.6 Å². The molecule has 2 rings (SSSR count). The third-order valence-electron chi connectivity index (χ3n) is 3.46. The minimum absolute atomic E-state index is 0.0432. The first-order valence-corrected chi connectivity index (χ1v) is 8.18. The van der Waals surface area contributed by atoms with Crippen molar-refractivity contribution in [3.63, 3.8) is 0 Å². The highest BCUT2D eigenvalue weighted by Crippen LogP contribution is 2.22. The van der Waals surface area contributed by atoms with Crippen molar-refractivity contribution in [3.05, 3.63) is 63.6 Å². The van der Waals surface area contributed by atoms with Crippen LogP contribution in [0.1, 0.15) is 34.5 Å². The van der Waals surface area contributed by atoms with Crippen LogP contribution in [0.15, 0.2) is 46.9 Å². The summed E-state index contributed by atoms with van der Waals surface area (Å²) >= 11 is 3.43. The second kappa shape index (κ2) is 7.97. The number of benzene rings is 2. The van der Waals surface area contributed by atoms with Crippen LogP contribution < -0.4 is 5.32 Å². The summed E-state index contributed by atoms with van der Waals surface area (Å²) in [5.41, 5.74) is 1.78. The number of phenols is 1. The van der Waals surface area contributed by atoms with E-state index in [0.29, 0.717) is 0 Å². The van der Waals surface area contributed by atoms with E-state index < -0.39 is 18.5 Å². The molecule has 0 aliphatic rings. The van der Waals surface area contributed by atoms with Gasteiger partial charge in [0.15, 0.2) is 6.61 Å². The van der Waals surface area contributed by atoms with E-state index in [1.54, 1.807) is 13.0 Å². The fraction of sp³-hybridized carbons (Fsp3) is 0.222. The van der Waals surface area contributed by atoms with Gasteiger partial charge < -0.3 is 15.2 Å². The Bertz CT molecular complexity index is 760. The fourth-order valence-corrected chi connectivity index (χ4v) is 2.84. The monoisotopic (exact) mass is 391 g/mol. The molecule has 0 bridgehead atoms. The highest BCUT2D eigenvalue weighted by molar-refractivity contribution is 9.10. The molecule has 0 aliphatic heterocycles. The lowest BCUT2D eigenvalue weighted by Crippen LogP contribution is -2.31. The van der Waals surface area contributed by atoms with Gasteiger partial charge in [0.25, 0.3) is 5.91 Å². The van der Waals surface area contributed by atoms with Crippen molar-refractivity contribution in [3.8, 4) is 5.75 Å². The van der Waals surface area contributed by atoms with Crippen LogP contribution in [0.2, 0.25) is 0 Å². The van der Waals surface area contributed by atoms with Crippen LogP contribution in [0.3, 0.4) is 0 Å². The fourth-order valence-electron chi connectivity index (χ4n) is 2.21. The number of esters is 1. The summed E-state index contributed by atoms with van der Waals surface area (Å²) in [7, 11) is 0. The average Bonchev–Trinajstić information content (AvgIpc) is 2.55. The molecule has 0 aliphatic carbocycles. The van der Waals surface area contributed by atoms with Gasteiger partial charge in [-0.05, 0) is 37.6 Å². The van der Waals surface area contributed by atoms with E-state index >= 15 is 0 Å². The standard InChI is InChI=1S/C18H18BrNO4/c1-11-7-8-16(21)14(9-11)18(23)24-10-17(22)20-12(2)13-5-3-4-6-15(13)19/h3-9,12,21H,10H2,1-2H3,(H,20,22)/t12-/m0/s1. The maximum Gasteiger partial charge on any atom is 0.342 e. The molecular weight excluding hydrogens is 374 g/mol. The minimum atomic E-state index is -0.736. The number of carbonyl (C=O) groups is 2. The lowest BCUT2D eigenvalue weighted by molar-refractivity contribution is -0.124. The van der Waals surface area contributed by atoms with E-state index in [0.717, 1.165) is 15.6 Å². The molecule has 1 amide bonds. The van der Waals surface area contributed by atoms with Crippen LogP contribution in [0.5, 0.6) is 5.75 Å². The third kappa shape index (κ3) is 4.58. The Morgan fingerprint density at radius 2 is 1.96 bits per heavy atom. The molecule has 0 fully saturated rings. The molecule has 2 N–H and O–H groups in total. The number of hydrogen-bond donors (Lipinski definition) is 2. The van der Waals surface area contributed by atoms with E-state index in [-0.39, 0.29) is 17.4 Å². The van der Waals surface area contributed by atoms with E-state index in [1.165, 1.54) is 12.1 Å². The van der Waals surface area contributed by atoms with Crippen LogP contribution in [0.25, 0.3) is 0 Å². The molecule has 24 heavy (non-hydrogen) atoms. The lowest BCUT2D eigenvalue weighted by atomic mass is 10.1. The molecule has 0 aromatic heterocycles. The number of halogens is 1. The summed E-state index contributed by atoms with van der Waals surface area (Å²) in [6, 6.07) is 11.9. The SMILES string of the molecule is Cc1ccc(O)c(C(=O)OCC(=O)N[C@@H](C)c2ccccc2Br)c1. The largest absolute Gasteiger partial charge is 0.507 e. The molecule has 6 heteroatoms. The molecule has 0 radical (unpaired) electrons. The van der Waals surface area contributed by atoms with E-state index in [1.807, 2.05) is 31.2 Å². The van der Waals surface area contributed by atoms with Gasteiger partial charge in [-0.15, -0.1) is 0 Å². The predicted octanol–water partition coefficient (Wildman–Crippen LogP) is 3.50. The highest BCUT2D eigenvalue weighted by atomic mass is 79.9. The molecule has 0 heterocycles. The van der Waals surface area contributed by atoms with Crippen LogP contribution in [-0.2, 0) is 9.53 Å². The normalized spacial score (nSPS) is 11.6. The number of ether oxygens (including phenoxy) is 1. The minimum Gasteiger partial charge on any atom is -0.507 e. The first-order chi connectivity index (χ1) is 11.4. The summed E-state index contributed by atoms with van der Waals surface area (Å²) in [4.78, 5) is 23.9. The van der Waals surface area contributed by atoms with Gasteiger partial charge in [-0.3, -0.25) is 4.79 Å². The number of aromatic hydroxyl groups is 1. The van der Waals surface area contributed by atoms with Crippen molar-refractivity contribution in [2.24, 2.45) is 0 Å². The summed E-state index contributed by atoms with van der Waals surface area (Å²) in [5.74, 6) is -1.33. The van der Waals surface area contributed by atoms with Gasteiger partial charge in [0.05, 0.1) is 6.04 Å². The number of carbonyl (C=O) groups excluding carboxylic acids is 2. The maximum atomic E-state index is 12.0. The lowest BCUT2D eigenvalue weighted by Gasteiger charge is -2.16. The Balaban J connectivity index is 1.92.